The van der Waals surface area contributed by atoms with E-state index in [2.05, 4.69) is 16.7 Å². The highest BCUT2D eigenvalue weighted by atomic mass is 32.2. The first-order valence-corrected chi connectivity index (χ1v) is 7.58. The molecule has 0 saturated carbocycles. The Kier molecular flexibility index (Phi) is 4.85. The van der Waals surface area contributed by atoms with Gasteiger partial charge in [0.05, 0.1) is 11.3 Å². The van der Waals surface area contributed by atoms with E-state index in [1.165, 1.54) is 18.7 Å². The minimum Gasteiger partial charge on any atom is -0.354 e. The molecule has 2 N–H and O–H groups in total. The van der Waals surface area contributed by atoms with Crippen molar-refractivity contribution in [2.75, 3.05) is 16.9 Å². The maximum Gasteiger partial charge on any atom is 0.221 e. The van der Waals surface area contributed by atoms with E-state index in [-0.39, 0.29) is 5.91 Å². The summed E-state index contributed by atoms with van der Waals surface area (Å²) in [4.78, 5) is 12.0. The number of carbonyl (C=O) groups is 1. The predicted molar refractivity (Wildman–Crippen MR) is 87.0 cm³/mol. The van der Waals surface area contributed by atoms with Gasteiger partial charge in [0.15, 0.2) is 0 Å². The Balaban J connectivity index is 2.30. The first-order chi connectivity index (χ1) is 10.1. The summed E-state index contributed by atoms with van der Waals surface area (Å²) in [5.74, 6) is -0.116. The van der Waals surface area contributed by atoms with Gasteiger partial charge in [-0.15, -0.1) is 11.8 Å². The molecule has 21 heavy (non-hydrogen) atoms. The lowest BCUT2D eigenvalue weighted by Gasteiger charge is -2.11. The average Bonchev–Trinajstić information content (AvgIpc) is 2.46. The van der Waals surface area contributed by atoms with Gasteiger partial charge in [0.25, 0.3) is 0 Å². The van der Waals surface area contributed by atoms with Crippen LogP contribution in [0.1, 0.15) is 12.5 Å². The predicted octanol–water partition coefficient (Wildman–Crippen LogP) is 3.98. The fourth-order valence-corrected chi connectivity index (χ4v) is 2.53. The first kappa shape index (κ1) is 14.9. The summed E-state index contributed by atoms with van der Waals surface area (Å²) >= 11 is 1.54. The molecule has 0 aromatic heterocycles. The molecule has 4 nitrogen and oxygen atoms in total. The van der Waals surface area contributed by atoms with Crippen LogP contribution in [0.3, 0.4) is 0 Å². The molecule has 0 aliphatic rings. The molecule has 106 valence electrons. The topological polar surface area (TPSA) is 64.9 Å². The molecule has 0 spiro atoms. The lowest BCUT2D eigenvalue weighted by Crippen LogP contribution is -2.05. The number of rotatable bonds is 4. The van der Waals surface area contributed by atoms with E-state index in [0.717, 1.165) is 16.3 Å². The zero-order valence-electron chi connectivity index (χ0n) is 11.8. The zero-order valence-corrected chi connectivity index (χ0v) is 12.6. The van der Waals surface area contributed by atoms with E-state index in [4.69, 9.17) is 0 Å². The number of nitrogens with one attached hydrogen (secondary N) is 2. The van der Waals surface area contributed by atoms with Crippen molar-refractivity contribution in [3.8, 4) is 6.07 Å². The van der Waals surface area contributed by atoms with Crippen molar-refractivity contribution in [2.24, 2.45) is 0 Å². The fraction of sp³-hybridized carbons (Fsp3) is 0.125. The molecule has 0 bridgehead atoms. The zero-order chi connectivity index (χ0) is 15.2. The van der Waals surface area contributed by atoms with Gasteiger partial charge in [-0.3, -0.25) is 4.79 Å². The van der Waals surface area contributed by atoms with Gasteiger partial charge in [-0.25, -0.2) is 0 Å². The molecule has 0 fully saturated rings. The molecule has 0 aliphatic carbocycles. The summed E-state index contributed by atoms with van der Waals surface area (Å²) in [7, 11) is 0. The molecule has 5 heteroatoms. The molecular weight excluding hydrogens is 282 g/mol. The quantitative estimate of drug-likeness (QED) is 0.838. The number of nitriles is 1. The van der Waals surface area contributed by atoms with E-state index < -0.39 is 0 Å². The van der Waals surface area contributed by atoms with Gasteiger partial charge in [-0.2, -0.15) is 5.26 Å². The van der Waals surface area contributed by atoms with Gasteiger partial charge in [0, 0.05) is 23.2 Å². The highest BCUT2D eigenvalue weighted by Gasteiger charge is 2.07. The number of amides is 1. The Morgan fingerprint density at radius 1 is 1.19 bits per heavy atom. The van der Waals surface area contributed by atoms with Gasteiger partial charge in [-0.05, 0) is 36.6 Å². The number of hydrogen-bond acceptors (Lipinski definition) is 4. The number of thioether (sulfide) groups is 1. The Morgan fingerprint density at radius 2 is 1.90 bits per heavy atom. The van der Waals surface area contributed by atoms with Crippen molar-refractivity contribution < 1.29 is 4.79 Å². The lowest BCUT2D eigenvalue weighted by atomic mass is 10.2. The van der Waals surface area contributed by atoms with E-state index in [0.29, 0.717) is 11.3 Å². The number of anilines is 3. The molecule has 2 aromatic rings. The first-order valence-electron chi connectivity index (χ1n) is 6.36. The molecule has 0 unspecified atom stereocenters. The second-order valence-corrected chi connectivity index (χ2v) is 5.23. The molecule has 0 atom stereocenters. The Labute approximate surface area is 128 Å². The van der Waals surface area contributed by atoms with Crippen LogP contribution < -0.4 is 10.6 Å². The van der Waals surface area contributed by atoms with Crippen LogP contribution in [-0.4, -0.2) is 12.2 Å². The molecule has 0 heterocycles. The Hall–Kier alpha value is -2.45. The van der Waals surface area contributed by atoms with Crippen LogP contribution in [0.25, 0.3) is 0 Å². The van der Waals surface area contributed by atoms with Crippen molar-refractivity contribution >= 4 is 34.7 Å². The molecule has 0 radical (unpaired) electrons. The van der Waals surface area contributed by atoms with Crippen LogP contribution in [0, 0.1) is 11.3 Å². The number of hydrogen-bond donors (Lipinski definition) is 2. The third-order valence-electron chi connectivity index (χ3n) is 2.82. The summed E-state index contributed by atoms with van der Waals surface area (Å²) in [5.41, 5.74) is 2.90. The van der Waals surface area contributed by atoms with Crippen LogP contribution >= 0.6 is 11.8 Å². The van der Waals surface area contributed by atoms with Gasteiger partial charge >= 0.3 is 0 Å². The van der Waals surface area contributed by atoms with Crippen LogP contribution in [0.2, 0.25) is 0 Å². The molecular formula is C16H15N3OS. The van der Waals surface area contributed by atoms with Gasteiger partial charge in [-0.1, -0.05) is 12.1 Å². The van der Waals surface area contributed by atoms with E-state index in [9.17, 15) is 10.1 Å². The standard InChI is InChI=1S/C16H15N3OS/c1-11(20)18-12-5-3-6-13(9-12)19-15-7-4-8-16(21-2)14(15)10-17/h3-9,19H,1-2H3,(H,18,20). The Bertz CT molecular complexity index is 707. The average molecular weight is 297 g/mol. The second-order valence-electron chi connectivity index (χ2n) is 4.38. The highest BCUT2D eigenvalue weighted by molar-refractivity contribution is 7.98. The Morgan fingerprint density at radius 3 is 2.57 bits per heavy atom. The van der Waals surface area contributed by atoms with Gasteiger partial charge in [0.1, 0.15) is 6.07 Å². The largest absolute Gasteiger partial charge is 0.354 e. The van der Waals surface area contributed by atoms with Crippen LogP contribution in [0.4, 0.5) is 17.1 Å². The lowest BCUT2D eigenvalue weighted by molar-refractivity contribution is -0.114. The third-order valence-corrected chi connectivity index (χ3v) is 3.60. The number of benzene rings is 2. The maximum absolute atomic E-state index is 11.1. The number of nitrogens with zero attached hydrogens (tertiary/aromatic N) is 1. The monoisotopic (exact) mass is 297 g/mol. The van der Waals surface area contributed by atoms with Crippen molar-refractivity contribution in [1.82, 2.24) is 0 Å². The van der Waals surface area contributed by atoms with Crippen LogP contribution in [-0.2, 0) is 4.79 Å². The minimum atomic E-state index is -0.116. The molecule has 1 amide bonds. The minimum absolute atomic E-state index is 0.116. The normalized spacial score (nSPS) is 9.76. The van der Waals surface area contributed by atoms with Crippen LogP contribution in [0.5, 0.6) is 0 Å². The highest BCUT2D eigenvalue weighted by Crippen LogP contribution is 2.29. The molecule has 0 aliphatic heterocycles. The van der Waals surface area contributed by atoms with Crippen molar-refractivity contribution in [2.45, 2.75) is 11.8 Å². The van der Waals surface area contributed by atoms with Gasteiger partial charge < -0.3 is 10.6 Å². The number of carbonyl (C=O) groups excluding carboxylic acids is 1. The smallest absolute Gasteiger partial charge is 0.221 e. The maximum atomic E-state index is 11.1. The molecule has 2 aromatic carbocycles. The molecule has 0 saturated heterocycles. The fourth-order valence-electron chi connectivity index (χ4n) is 1.95. The van der Waals surface area contributed by atoms with Gasteiger partial charge in [0.2, 0.25) is 5.91 Å². The second kappa shape index (κ2) is 6.82. The summed E-state index contributed by atoms with van der Waals surface area (Å²) in [6.07, 6.45) is 1.94. The van der Waals surface area contributed by atoms with Crippen molar-refractivity contribution in [3.63, 3.8) is 0 Å². The summed E-state index contributed by atoms with van der Waals surface area (Å²) in [5, 5.41) is 15.3. The third kappa shape index (κ3) is 3.77. The van der Waals surface area contributed by atoms with Crippen molar-refractivity contribution in [1.29, 1.82) is 5.26 Å². The molecule has 2 rings (SSSR count). The summed E-state index contributed by atoms with van der Waals surface area (Å²) in [6, 6.07) is 15.3. The van der Waals surface area contributed by atoms with E-state index >= 15 is 0 Å². The van der Waals surface area contributed by atoms with E-state index in [1.54, 1.807) is 0 Å². The summed E-state index contributed by atoms with van der Waals surface area (Å²) < 4.78 is 0. The summed E-state index contributed by atoms with van der Waals surface area (Å²) in [6.45, 7) is 1.47. The van der Waals surface area contributed by atoms with E-state index in [1.807, 2.05) is 48.7 Å². The SMILES string of the molecule is CSc1cccc(Nc2cccc(NC(C)=O)c2)c1C#N. The van der Waals surface area contributed by atoms with Crippen molar-refractivity contribution in [3.05, 3.63) is 48.0 Å². The van der Waals surface area contributed by atoms with Crippen LogP contribution in [0.15, 0.2) is 47.4 Å².